The van der Waals surface area contributed by atoms with Crippen molar-refractivity contribution in [2.24, 2.45) is 5.73 Å². The summed E-state index contributed by atoms with van der Waals surface area (Å²) in [6, 6.07) is 1.06. The van der Waals surface area contributed by atoms with Gasteiger partial charge in [-0.25, -0.2) is 9.37 Å². The van der Waals surface area contributed by atoms with Gasteiger partial charge in [0.2, 0.25) is 0 Å². The van der Waals surface area contributed by atoms with E-state index in [0.717, 1.165) is 25.1 Å². The summed E-state index contributed by atoms with van der Waals surface area (Å²) in [4.78, 5) is 15.1. The minimum absolute atomic E-state index is 0.00211. The van der Waals surface area contributed by atoms with Gasteiger partial charge in [-0.05, 0) is 25.5 Å². The zero-order chi connectivity index (χ0) is 12.0. The van der Waals surface area contributed by atoms with Crippen molar-refractivity contribution < 1.29 is 9.18 Å². The number of amides is 1. The molecule has 1 aromatic rings. The van der Waals surface area contributed by atoms with Crippen molar-refractivity contribution in [3.8, 4) is 0 Å². The first-order chi connectivity index (χ1) is 7.65. The van der Waals surface area contributed by atoms with Gasteiger partial charge in [0.25, 0.3) is 5.91 Å². The first kappa shape index (κ1) is 12.9. The summed E-state index contributed by atoms with van der Waals surface area (Å²) in [5.41, 5.74) is 5.36. The Morgan fingerprint density at radius 1 is 1.56 bits per heavy atom. The Balaban J connectivity index is 2.55. The van der Waals surface area contributed by atoms with Crippen molar-refractivity contribution >= 4 is 17.5 Å². The highest BCUT2D eigenvalue weighted by molar-refractivity contribution is 6.32. The second kappa shape index (κ2) is 6.40. The molecule has 1 amide bonds. The Morgan fingerprint density at radius 2 is 2.31 bits per heavy atom. The molecule has 0 aliphatic heterocycles. The molecule has 88 valence electrons. The van der Waals surface area contributed by atoms with E-state index < -0.39 is 11.7 Å². The molecule has 1 aromatic heterocycles. The normalized spacial score (nSPS) is 10.2. The molecule has 0 radical (unpaired) electrons. The van der Waals surface area contributed by atoms with Gasteiger partial charge >= 0.3 is 0 Å². The van der Waals surface area contributed by atoms with Crippen LogP contribution in [0.5, 0.6) is 0 Å². The molecule has 0 fully saturated rings. The molecule has 0 aromatic carbocycles. The van der Waals surface area contributed by atoms with Gasteiger partial charge in [0.15, 0.2) is 0 Å². The molecule has 0 saturated heterocycles. The van der Waals surface area contributed by atoms with E-state index in [4.69, 9.17) is 17.3 Å². The van der Waals surface area contributed by atoms with Crippen LogP contribution in [0.4, 0.5) is 4.39 Å². The van der Waals surface area contributed by atoms with Crippen molar-refractivity contribution in [1.29, 1.82) is 0 Å². The second-order valence-electron chi connectivity index (χ2n) is 3.24. The summed E-state index contributed by atoms with van der Waals surface area (Å²) in [6.45, 7) is 1.07. The number of nitrogens with zero attached hydrogens (tertiary/aromatic N) is 1. The Hall–Kier alpha value is -1.20. The smallest absolute Gasteiger partial charge is 0.254 e. The monoisotopic (exact) mass is 245 g/mol. The SMILES string of the molecule is NCCCCNC(=O)c1cc(F)cnc1Cl. The molecule has 0 aliphatic carbocycles. The van der Waals surface area contributed by atoms with Gasteiger partial charge in [0.1, 0.15) is 11.0 Å². The highest BCUT2D eigenvalue weighted by Gasteiger charge is 2.11. The molecule has 0 aliphatic rings. The average molecular weight is 246 g/mol. The number of nitrogens with one attached hydrogen (secondary N) is 1. The van der Waals surface area contributed by atoms with Crippen LogP contribution in [0.3, 0.4) is 0 Å². The average Bonchev–Trinajstić information content (AvgIpc) is 2.27. The largest absolute Gasteiger partial charge is 0.352 e. The van der Waals surface area contributed by atoms with Gasteiger partial charge in [-0.3, -0.25) is 4.79 Å². The predicted octanol–water partition coefficient (Wildman–Crippen LogP) is 1.34. The lowest BCUT2D eigenvalue weighted by molar-refractivity contribution is 0.0952. The Kier molecular flexibility index (Phi) is 5.14. The zero-order valence-electron chi connectivity index (χ0n) is 8.67. The third-order valence-corrected chi connectivity index (χ3v) is 2.27. The number of pyridine rings is 1. The summed E-state index contributed by atoms with van der Waals surface area (Å²) >= 11 is 5.67. The highest BCUT2D eigenvalue weighted by Crippen LogP contribution is 2.13. The van der Waals surface area contributed by atoms with Gasteiger partial charge in [0.05, 0.1) is 11.8 Å². The number of carbonyl (C=O) groups is 1. The molecular weight excluding hydrogens is 233 g/mol. The number of nitrogens with two attached hydrogens (primary N) is 1. The fourth-order valence-corrected chi connectivity index (χ4v) is 1.34. The van der Waals surface area contributed by atoms with Crippen molar-refractivity contribution in [2.75, 3.05) is 13.1 Å². The summed E-state index contributed by atoms with van der Waals surface area (Å²) in [7, 11) is 0. The number of carbonyl (C=O) groups excluding carboxylic acids is 1. The van der Waals surface area contributed by atoms with Crippen molar-refractivity contribution in [3.05, 3.63) is 28.8 Å². The molecule has 16 heavy (non-hydrogen) atoms. The van der Waals surface area contributed by atoms with Crippen LogP contribution in [0.15, 0.2) is 12.3 Å². The van der Waals surface area contributed by atoms with Crippen molar-refractivity contribution in [2.45, 2.75) is 12.8 Å². The van der Waals surface area contributed by atoms with E-state index in [0.29, 0.717) is 13.1 Å². The minimum atomic E-state index is -0.587. The first-order valence-electron chi connectivity index (χ1n) is 4.94. The zero-order valence-corrected chi connectivity index (χ0v) is 9.43. The third kappa shape index (κ3) is 3.75. The number of hydrogen-bond donors (Lipinski definition) is 2. The Labute approximate surface area is 98.0 Å². The van der Waals surface area contributed by atoms with Crippen LogP contribution in [0, 0.1) is 5.82 Å². The van der Waals surface area contributed by atoms with Crippen LogP contribution >= 0.6 is 11.6 Å². The van der Waals surface area contributed by atoms with E-state index in [1.165, 1.54) is 0 Å². The van der Waals surface area contributed by atoms with Crippen LogP contribution < -0.4 is 11.1 Å². The number of aromatic nitrogens is 1. The van der Waals surface area contributed by atoms with Crippen LogP contribution in [-0.2, 0) is 0 Å². The van der Waals surface area contributed by atoms with Crippen LogP contribution in [0.1, 0.15) is 23.2 Å². The quantitative estimate of drug-likeness (QED) is 0.608. The molecule has 1 rings (SSSR count). The predicted molar refractivity (Wildman–Crippen MR) is 59.8 cm³/mol. The number of halogens is 2. The maximum atomic E-state index is 12.8. The van der Waals surface area contributed by atoms with Crippen LogP contribution in [0.2, 0.25) is 5.15 Å². The minimum Gasteiger partial charge on any atom is -0.352 e. The van der Waals surface area contributed by atoms with E-state index in [2.05, 4.69) is 10.3 Å². The standard InChI is InChI=1S/C10H13ClFN3O/c11-9-8(5-7(12)6-15-9)10(16)14-4-2-1-3-13/h5-6H,1-4,13H2,(H,14,16). The van der Waals surface area contributed by atoms with Gasteiger partial charge in [0, 0.05) is 6.54 Å². The first-order valence-corrected chi connectivity index (χ1v) is 5.32. The Bertz CT molecular complexity index is 373. The number of unbranched alkanes of at least 4 members (excludes halogenated alkanes) is 1. The number of hydrogen-bond acceptors (Lipinski definition) is 3. The fraction of sp³-hybridized carbons (Fsp3) is 0.400. The molecule has 1 heterocycles. The molecule has 6 heteroatoms. The van der Waals surface area contributed by atoms with E-state index in [9.17, 15) is 9.18 Å². The molecule has 0 unspecified atom stereocenters. The van der Waals surface area contributed by atoms with Crippen LogP contribution in [0.25, 0.3) is 0 Å². The molecule has 0 bridgehead atoms. The van der Waals surface area contributed by atoms with Gasteiger partial charge in [-0.1, -0.05) is 11.6 Å². The third-order valence-electron chi connectivity index (χ3n) is 1.97. The molecule has 4 nitrogen and oxygen atoms in total. The molecule has 0 saturated carbocycles. The number of rotatable bonds is 5. The summed E-state index contributed by atoms with van der Waals surface area (Å²) in [5.74, 6) is -1.01. The van der Waals surface area contributed by atoms with E-state index in [1.807, 2.05) is 0 Å². The molecule has 0 atom stereocenters. The molecule has 3 N–H and O–H groups in total. The maximum Gasteiger partial charge on any atom is 0.254 e. The lowest BCUT2D eigenvalue weighted by Crippen LogP contribution is -2.25. The summed E-state index contributed by atoms with van der Waals surface area (Å²) < 4.78 is 12.8. The van der Waals surface area contributed by atoms with Crippen molar-refractivity contribution in [1.82, 2.24) is 10.3 Å². The molecular formula is C10H13ClFN3O. The highest BCUT2D eigenvalue weighted by atomic mass is 35.5. The second-order valence-corrected chi connectivity index (χ2v) is 3.60. The van der Waals surface area contributed by atoms with E-state index in [1.54, 1.807) is 0 Å². The van der Waals surface area contributed by atoms with Crippen LogP contribution in [-0.4, -0.2) is 24.0 Å². The van der Waals surface area contributed by atoms with Gasteiger partial charge in [-0.15, -0.1) is 0 Å². The lowest BCUT2D eigenvalue weighted by atomic mass is 10.2. The van der Waals surface area contributed by atoms with Gasteiger partial charge in [-0.2, -0.15) is 0 Å². The van der Waals surface area contributed by atoms with Gasteiger partial charge < -0.3 is 11.1 Å². The van der Waals surface area contributed by atoms with E-state index >= 15 is 0 Å². The summed E-state index contributed by atoms with van der Waals surface area (Å²) in [5, 5.41) is 2.61. The topological polar surface area (TPSA) is 68.0 Å². The molecule has 0 spiro atoms. The Morgan fingerprint density at radius 3 is 3.00 bits per heavy atom. The lowest BCUT2D eigenvalue weighted by Gasteiger charge is -2.05. The maximum absolute atomic E-state index is 12.8. The fourth-order valence-electron chi connectivity index (χ4n) is 1.15. The van der Waals surface area contributed by atoms with Crippen molar-refractivity contribution in [3.63, 3.8) is 0 Å². The summed E-state index contributed by atoms with van der Waals surface area (Å²) in [6.07, 6.45) is 2.57. The van der Waals surface area contributed by atoms with E-state index in [-0.39, 0.29) is 10.7 Å².